The van der Waals surface area contributed by atoms with E-state index in [-0.39, 0.29) is 5.60 Å². The molecule has 0 aromatic rings. The van der Waals surface area contributed by atoms with E-state index in [0.717, 1.165) is 18.9 Å². The van der Waals surface area contributed by atoms with Crippen LogP contribution in [-0.2, 0) is 4.43 Å². The molecule has 91 valence electrons. The molecule has 0 unspecified atom stereocenters. The van der Waals surface area contributed by atoms with Gasteiger partial charge in [-0.2, -0.15) is 0 Å². The Morgan fingerprint density at radius 3 is 2.62 bits per heavy atom. The minimum atomic E-state index is -1.43. The van der Waals surface area contributed by atoms with E-state index in [1.165, 1.54) is 18.4 Å². The maximum atomic E-state index is 6.15. The lowest BCUT2D eigenvalue weighted by Crippen LogP contribution is -2.30. The fourth-order valence-corrected chi connectivity index (χ4v) is 5.33. The highest BCUT2D eigenvalue weighted by atomic mass is 28.4. The van der Waals surface area contributed by atoms with Gasteiger partial charge in [-0.25, -0.2) is 0 Å². The Kier molecular flexibility index (Phi) is 4.57. The summed E-state index contributed by atoms with van der Waals surface area (Å²) in [6.07, 6.45) is 10.2. The van der Waals surface area contributed by atoms with Gasteiger partial charge in [0.1, 0.15) is 0 Å². The van der Waals surface area contributed by atoms with Gasteiger partial charge in [0.25, 0.3) is 0 Å². The van der Waals surface area contributed by atoms with Crippen molar-refractivity contribution in [1.82, 2.24) is 0 Å². The topological polar surface area (TPSA) is 9.23 Å². The molecule has 0 amide bonds. The van der Waals surface area contributed by atoms with Gasteiger partial charge < -0.3 is 4.43 Å². The van der Waals surface area contributed by atoms with E-state index in [1.54, 1.807) is 0 Å². The van der Waals surface area contributed by atoms with Crippen LogP contribution in [0.4, 0.5) is 0 Å². The van der Waals surface area contributed by atoms with Crippen LogP contribution in [0.3, 0.4) is 0 Å². The van der Waals surface area contributed by atoms with Crippen molar-refractivity contribution in [2.75, 3.05) is 0 Å². The molecule has 1 radical (unpaired) electrons. The van der Waals surface area contributed by atoms with Gasteiger partial charge in [-0.1, -0.05) is 6.08 Å². The summed E-state index contributed by atoms with van der Waals surface area (Å²) in [7, 11) is -1.43. The zero-order valence-electron chi connectivity index (χ0n) is 11.2. The van der Waals surface area contributed by atoms with Gasteiger partial charge in [-0.05, 0) is 70.3 Å². The summed E-state index contributed by atoms with van der Waals surface area (Å²) in [5.41, 5.74) is 1.34. The first-order chi connectivity index (χ1) is 7.37. The van der Waals surface area contributed by atoms with Crippen molar-refractivity contribution in [3.63, 3.8) is 0 Å². The molecule has 1 nitrogen and oxygen atoms in total. The molecule has 1 rings (SSSR count). The Bertz CT molecular complexity index is 276. The van der Waals surface area contributed by atoms with Crippen LogP contribution in [-0.4, -0.2) is 13.9 Å². The summed E-state index contributed by atoms with van der Waals surface area (Å²) in [5, 5.41) is 0. The lowest BCUT2D eigenvalue weighted by atomic mass is 9.98. The van der Waals surface area contributed by atoms with Gasteiger partial charge in [0.15, 0.2) is 8.32 Å². The first kappa shape index (κ1) is 13.7. The quantitative estimate of drug-likeness (QED) is 0.389. The molecule has 0 atom stereocenters. The second-order valence-corrected chi connectivity index (χ2v) is 9.82. The van der Waals surface area contributed by atoms with Crippen molar-refractivity contribution in [2.24, 2.45) is 0 Å². The van der Waals surface area contributed by atoms with Gasteiger partial charge in [0, 0.05) is 0 Å². The summed E-state index contributed by atoms with van der Waals surface area (Å²) < 4.78 is 6.15. The summed E-state index contributed by atoms with van der Waals surface area (Å²) in [4.78, 5) is 0. The third kappa shape index (κ3) is 3.91. The predicted molar refractivity (Wildman–Crippen MR) is 72.9 cm³/mol. The Balaban J connectivity index is 2.46. The largest absolute Gasteiger partial charge is 0.408 e. The highest BCUT2D eigenvalue weighted by Crippen LogP contribution is 2.39. The predicted octanol–water partition coefficient (Wildman–Crippen LogP) is 4.48. The molecule has 2 heteroatoms. The molecular formula is C14H25OSi. The Hall–Kier alpha value is -0.343. The third-order valence-electron chi connectivity index (χ3n) is 3.03. The molecule has 0 bridgehead atoms. The summed E-state index contributed by atoms with van der Waals surface area (Å²) in [6, 6.07) is 1.15. The van der Waals surface area contributed by atoms with E-state index >= 15 is 0 Å². The van der Waals surface area contributed by atoms with Crippen LogP contribution in [0.5, 0.6) is 0 Å². The summed E-state index contributed by atoms with van der Waals surface area (Å²) >= 11 is 0. The van der Waals surface area contributed by atoms with Crippen molar-refractivity contribution >= 4 is 8.32 Å². The fourth-order valence-electron chi connectivity index (χ4n) is 2.36. The minimum absolute atomic E-state index is 0.0614. The van der Waals surface area contributed by atoms with Gasteiger partial charge >= 0.3 is 0 Å². The Morgan fingerprint density at radius 1 is 1.44 bits per heavy atom. The average molecular weight is 237 g/mol. The van der Waals surface area contributed by atoms with Gasteiger partial charge in [0.05, 0.1) is 5.60 Å². The fraction of sp³-hybridized carbons (Fsp3) is 0.714. The Labute approximate surface area is 102 Å². The number of hydrogen-bond acceptors (Lipinski definition) is 1. The number of allylic oxidation sites excluding steroid dienone is 2. The molecule has 0 spiro atoms. The zero-order valence-corrected chi connectivity index (χ0v) is 12.2. The monoisotopic (exact) mass is 237 g/mol. The first-order valence-electron chi connectivity index (χ1n) is 6.29. The van der Waals surface area contributed by atoms with E-state index in [2.05, 4.69) is 39.6 Å². The molecule has 0 N–H and O–H groups in total. The molecule has 1 heterocycles. The van der Waals surface area contributed by atoms with E-state index in [0.29, 0.717) is 0 Å². The third-order valence-corrected chi connectivity index (χ3v) is 5.30. The molecule has 1 fully saturated rings. The molecule has 0 aliphatic carbocycles. The smallest absolute Gasteiger partial charge is 0.192 e. The summed E-state index contributed by atoms with van der Waals surface area (Å²) in [6.45, 7) is 12.7. The normalized spacial score (nSPS) is 24.9. The number of hydrogen-bond donors (Lipinski definition) is 0. The van der Waals surface area contributed by atoms with E-state index < -0.39 is 8.32 Å². The van der Waals surface area contributed by atoms with Crippen molar-refractivity contribution in [2.45, 2.75) is 64.3 Å². The van der Waals surface area contributed by atoms with Gasteiger partial charge in [0.2, 0.25) is 0 Å². The van der Waals surface area contributed by atoms with Gasteiger partial charge in [-0.3, -0.25) is 0 Å². The average Bonchev–Trinajstić information content (AvgIpc) is 2.34. The van der Waals surface area contributed by atoms with Crippen LogP contribution in [0, 0.1) is 6.08 Å². The van der Waals surface area contributed by atoms with Crippen molar-refractivity contribution in [3.8, 4) is 0 Å². The molecule has 16 heavy (non-hydrogen) atoms. The van der Waals surface area contributed by atoms with Crippen molar-refractivity contribution in [3.05, 3.63) is 24.3 Å². The minimum Gasteiger partial charge on any atom is -0.408 e. The molecular weight excluding hydrogens is 212 g/mol. The molecule has 1 aliphatic heterocycles. The second kappa shape index (κ2) is 5.33. The lowest BCUT2D eigenvalue weighted by molar-refractivity contribution is 0.163. The van der Waals surface area contributed by atoms with Crippen LogP contribution in [0.25, 0.3) is 0 Å². The number of rotatable bonds is 5. The highest BCUT2D eigenvalue weighted by Gasteiger charge is 2.42. The van der Waals surface area contributed by atoms with Crippen LogP contribution < -0.4 is 0 Å². The molecule has 0 aromatic carbocycles. The van der Waals surface area contributed by atoms with E-state index in [9.17, 15) is 0 Å². The Morgan fingerprint density at radius 2 is 2.12 bits per heavy atom. The van der Waals surface area contributed by atoms with E-state index in [4.69, 9.17) is 4.43 Å². The zero-order chi connectivity index (χ0) is 12.2. The van der Waals surface area contributed by atoms with Gasteiger partial charge in [-0.15, -0.1) is 6.58 Å². The van der Waals surface area contributed by atoms with Crippen molar-refractivity contribution in [1.29, 1.82) is 0 Å². The highest BCUT2D eigenvalue weighted by molar-refractivity contribution is 6.72. The van der Waals surface area contributed by atoms with Crippen LogP contribution >= 0.6 is 0 Å². The molecule has 1 saturated heterocycles. The molecule has 0 aromatic heterocycles. The van der Waals surface area contributed by atoms with Crippen LogP contribution in [0.15, 0.2) is 18.2 Å². The lowest BCUT2D eigenvalue weighted by Gasteiger charge is -2.23. The molecule has 0 saturated carbocycles. The molecule has 1 aliphatic rings. The maximum absolute atomic E-state index is 6.15. The number of unbranched alkanes of at least 4 members (excludes halogenated alkanes) is 3. The van der Waals surface area contributed by atoms with Crippen molar-refractivity contribution < 1.29 is 4.43 Å². The summed E-state index contributed by atoms with van der Waals surface area (Å²) in [5.74, 6) is 0. The van der Waals surface area contributed by atoms with Crippen LogP contribution in [0.1, 0.15) is 39.5 Å². The first-order valence-corrected chi connectivity index (χ1v) is 9.40. The standard InChI is InChI=1S/C14H25OSi/c1-6-7-8-9-10-11-13-12-16(4,5)15-14(13,2)3/h6H,1,7-10,12H2,2-5H3. The maximum Gasteiger partial charge on any atom is 0.192 e. The van der Waals surface area contributed by atoms with E-state index in [1.807, 2.05) is 6.08 Å². The SMILES string of the molecule is C=CCCCC[C]=C1C[Si](C)(C)OC1(C)C. The second-order valence-electron chi connectivity index (χ2n) is 5.74. The van der Waals surface area contributed by atoms with Crippen LogP contribution in [0.2, 0.25) is 19.1 Å².